The molecule has 0 saturated heterocycles. The van der Waals surface area contributed by atoms with E-state index in [2.05, 4.69) is 6.07 Å². The molecule has 2 heterocycles. The second kappa shape index (κ2) is 5.84. The Morgan fingerprint density at radius 3 is 2.78 bits per heavy atom. The lowest BCUT2D eigenvalue weighted by Crippen LogP contribution is -2.56. The van der Waals surface area contributed by atoms with E-state index in [0.29, 0.717) is 23.8 Å². The average Bonchev–Trinajstić information content (AvgIpc) is 2.94. The van der Waals surface area contributed by atoms with Gasteiger partial charge in [-0.15, -0.1) is 0 Å². The van der Waals surface area contributed by atoms with Crippen molar-refractivity contribution >= 4 is 11.5 Å². The van der Waals surface area contributed by atoms with Gasteiger partial charge >= 0.3 is 5.97 Å². The Kier molecular flexibility index (Phi) is 3.64. The molecule has 5 heteroatoms. The summed E-state index contributed by atoms with van der Waals surface area (Å²) in [6.45, 7) is 0.122. The molecule has 27 heavy (non-hydrogen) atoms. The summed E-state index contributed by atoms with van der Waals surface area (Å²) in [5, 5.41) is 20.3. The highest BCUT2D eigenvalue weighted by atomic mass is 16.5. The number of hydrogen-bond acceptors (Lipinski definition) is 4. The van der Waals surface area contributed by atoms with Crippen LogP contribution in [0, 0.1) is 28.6 Å². The number of aliphatic hydroxyl groups is 1. The summed E-state index contributed by atoms with van der Waals surface area (Å²) in [5.41, 5.74) is 1.49. The number of aromatic nitrogens is 1. The van der Waals surface area contributed by atoms with E-state index in [-0.39, 0.29) is 18.0 Å². The average molecular weight is 364 g/mol. The van der Waals surface area contributed by atoms with Gasteiger partial charge in [0.05, 0.1) is 23.1 Å². The van der Waals surface area contributed by atoms with Crippen molar-refractivity contribution in [2.45, 2.75) is 57.2 Å². The van der Waals surface area contributed by atoms with E-state index in [1.165, 1.54) is 6.42 Å². The molecule has 0 spiro atoms. The van der Waals surface area contributed by atoms with Crippen LogP contribution in [0.3, 0.4) is 0 Å². The molecule has 0 amide bonds. The number of ether oxygens (including phenoxy) is 1. The highest BCUT2D eigenvalue weighted by Crippen LogP contribution is 2.62. The van der Waals surface area contributed by atoms with E-state index >= 15 is 0 Å². The van der Waals surface area contributed by atoms with Crippen molar-refractivity contribution in [3.8, 4) is 6.07 Å². The summed E-state index contributed by atoms with van der Waals surface area (Å²) in [6.07, 6.45) is 9.97. The molecular formula is C22H24N2O3. The Hall–Kier alpha value is -2.32. The zero-order valence-corrected chi connectivity index (χ0v) is 15.4. The van der Waals surface area contributed by atoms with Crippen molar-refractivity contribution < 1.29 is 14.6 Å². The minimum absolute atomic E-state index is 0.0839. The Balaban J connectivity index is 1.29. The number of carbonyl (C=O) groups excluding carboxylic acids is 1. The Labute approximate surface area is 158 Å². The normalized spacial score (nSPS) is 33.9. The van der Waals surface area contributed by atoms with Crippen LogP contribution < -0.4 is 0 Å². The highest BCUT2D eigenvalue weighted by Gasteiger charge is 2.57. The van der Waals surface area contributed by atoms with Crippen LogP contribution in [-0.2, 0) is 16.1 Å². The minimum Gasteiger partial charge on any atom is -0.461 e. The highest BCUT2D eigenvalue weighted by molar-refractivity contribution is 5.71. The third-order valence-electron chi connectivity index (χ3n) is 6.93. The van der Waals surface area contributed by atoms with Crippen LogP contribution in [0.2, 0.25) is 0 Å². The number of rotatable bonds is 4. The first-order valence-electron chi connectivity index (χ1n) is 9.84. The smallest absolute Gasteiger partial charge is 0.306 e. The number of nitriles is 1. The number of fused-ring (bicyclic) bond motifs is 1. The summed E-state index contributed by atoms with van der Waals surface area (Å²) in [4.78, 5) is 12.6. The molecule has 0 aliphatic heterocycles. The molecular weight excluding hydrogens is 340 g/mol. The predicted octanol–water partition coefficient (Wildman–Crippen LogP) is 3.58. The lowest BCUT2D eigenvalue weighted by Gasteiger charge is -2.60. The van der Waals surface area contributed by atoms with Crippen LogP contribution in [0.5, 0.6) is 0 Å². The number of pyridine rings is 1. The van der Waals surface area contributed by atoms with Gasteiger partial charge in [-0.3, -0.25) is 4.79 Å². The van der Waals surface area contributed by atoms with Gasteiger partial charge in [0.1, 0.15) is 12.7 Å². The van der Waals surface area contributed by atoms with Gasteiger partial charge < -0.3 is 14.2 Å². The van der Waals surface area contributed by atoms with Gasteiger partial charge in [-0.2, -0.15) is 5.26 Å². The van der Waals surface area contributed by atoms with E-state index in [0.717, 1.165) is 43.2 Å². The number of nitrogens with zero attached hydrogens (tertiary/aromatic N) is 2. The number of carbonyl (C=O) groups is 1. The van der Waals surface area contributed by atoms with Crippen LogP contribution in [0.15, 0.2) is 30.6 Å². The van der Waals surface area contributed by atoms with Crippen molar-refractivity contribution in [3.63, 3.8) is 0 Å². The van der Waals surface area contributed by atoms with E-state index in [4.69, 9.17) is 4.74 Å². The van der Waals surface area contributed by atoms with Crippen molar-refractivity contribution in [2.24, 2.45) is 17.3 Å². The molecule has 4 aliphatic carbocycles. The largest absolute Gasteiger partial charge is 0.461 e. The topological polar surface area (TPSA) is 74.7 Å². The van der Waals surface area contributed by atoms with Crippen molar-refractivity contribution in [1.82, 2.24) is 4.40 Å². The maximum absolute atomic E-state index is 12.6. The standard InChI is InChI=1S/C22H24N2O3/c23-11-18-17(12-24-4-2-1-3-19(18)24)13-27-20(25)10-21-6-15-5-16(7-21)9-22(26,8-15)14-21/h1-4,12,15-16,26H,5-10,13-14H2/t15-,16-,21?,22?/m1/s1. The third kappa shape index (κ3) is 2.83. The molecule has 0 unspecified atom stereocenters. The van der Waals surface area contributed by atoms with Gasteiger partial charge in [0, 0.05) is 18.0 Å². The second-order valence-electron chi connectivity index (χ2n) is 9.16. The molecule has 5 nitrogen and oxygen atoms in total. The Bertz CT molecular complexity index is 940. The summed E-state index contributed by atoms with van der Waals surface area (Å²) in [6, 6.07) is 7.91. The van der Waals surface area contributed by atoms with Gasteiger partial charge in [0.15, 0.2) is 0 Å². The van der Waals surface area contributed by atoms with E-state index in [1.807, 2.05) is 35.0 Å². The van der Waals surface area contributed by atoms with Crippen molar-refractivity contribution in [2.75, 3.05) is 0 Å². The first-order chi connectivity index (χ1) is 13.0. The fourth-order valence-electron chi connectivity index (χ4n) is 6.54. The van der Waals surface area contributed by atoms with Crippen LogP contribution >= 0.6 is 0 Å². The molecule has 4 fully saturated rings. The Morgan fingerprint density at radius 2 is 2.07 bits per heavy atom. The van der Waals surface area contributed by atoms with Crippen molar-refractivity contribution in [3.05, 3.63) is 41.7 Å². The molecule has 0 radical (unpaired) electrons. The molecule has 2 aromatic rings. The maximum atomic E-state index is 12.6. The second-order valence-corrected chi connectivity index (χ2v) is 9.16. The van der Waals surface area contributed by atoms with Gasteiger partial charge in [0.2, 0.25) is 0 Å². The van der Waals surface area contributed by atoms with E-state index in [9.17, 15) is 15.2 Å². The van der Waals surface area contributed by atoms with E-state index < -0.39 is 5.60 Å². The monoisotopic (exact) mass is 364 g/mol. The van der Waals surface area contributed by atoms with Crippen LogP contribution in [0.4, 0.5) is 0 Å². The van der Waals surface area contributed by atoms with Crippen molar-refractivity contribution in [1.29, 1.82) is 5.26 Å². The summed E-state index contributed by atoms with van der Waals surface area (Å²) in [7, 11) is 0. The molecule has 2 atom stereocenters. The first kappa shape index (κ1) is 16.8. The lowest BCUT2D eigenvalue weighted by atomic mass is 9.47. The van der Waals surface area contributed by atoms with E-state index in [1.54, 1.807) is 0 Å². The fraction of sp³-hybridized carbons (Fsp3) is 0.545. The zero-order chi connectivity index (χ0) is 18.6. The van der Waals surface area contributed by atoms with Crippen LogP contribution in [0.1, 0.15) is 56.1 Å². The van der Waals surface area contributed by atoms with Crippen LogP contribution in [0.25, 0.3) is 5.52 Å². The summed E-state index contributed by atoms with van der Waals surface area (Å²) >= 11 is 0. The fourth-order valence-corrected chi connectivity index (χ4v) is 6.54. The first-order valence-corrected chi connectivity index (χ1v) is 9.84. The van der Waals surface area contributed by atoms with Gasteiger partial charge in [-0.05, 0) is 67.9 Å². The Morgan fingerprint density at radius 1 is 1.30 bits per heavy atom. The van der Waals surface area contributed by atoms with Gasteiger partial charge in [-0.1, -0.05) is 6.07 Å². The number of esters is 1. The zero-order valence-electron chi connectivity index (χ0n) is 15.4. The lowest BCUT2D eigenvalue weighted by molar-refractivity contribution is -0.177. The maximum Gasteiger partial charge on any atom is 0.306 e. The van der Waals surface area contributed by atoms with Crippen LogP contribution in [-0.4, -0.2) is 21.1 Å². The predicted molar refractivity (Wildman–Crippen MR) is 98.6 cm³/mol. The molecule has 1 N–H and O–H groups in total. The molecule has 4 saturated carbocycles. The molecule has 140 valence electrons. The molecule has 4 aliphatic rings. The molecule has 2 aromatic heterocycles. The molecule has 4 bridgehead atoms. The summed E-state index contributed by atoms with van der Waals surface area (Å²) < 4.78 is 7.47. The SMILES string of the molecule is N#Cc1c(COC(=O)CC23C[C@H]4C[C@@H](CC(O)(C4)C2)C3)cn2ccccc12. The molecule has 6 rings (SSSR count). The van der Waals surface area contributed by atoms with Gasteiger partial charge in [0.25, 0.3) is 0 Å². The number of hydrogen-bond donors (Lipinski definition) is 1. The minimum atomic E-state index is -0.557. The van der Waals surface area contributed by atoms with Gasteiger partial charge in [-0.25, -0.2) is 0 Å². The molecule has 0 aromatic carbocycles. The third-order valence-corrected chi connectivity index (χ3v) is 6.93. The summed E-state index contributed by atoms with van der Waals surface area (Å²) in [5.74, 6) is 0.914. The quantitative estimate of drug-likeness (QED) is 0.842.